The highest BCUT2D eigenvalue weighted by molar-refractivity contribution is 5.74. The molecule has 0 saturated heterocycles. The van der Waals surface area contributed by atoms with Crippen LogP contribution in [0.1, 0.15) is 16.2 Å². The Morgan fingerprint density at radius 3 is 2.79 bits per heavy atom. The number of carbonyl (C=O) groups excluding carboxylic acids is 1. The first-order valence-corrected chi connectivity index (χ1v) is 4.27. The van der Waals surface area contributed by atoms with Crippen molar-refractivity contribution in [2.24, 2.45) is 7.05 Å². The van der Waals surface area contributed by atoms with Crippen molar-refractivity contribution < 1.29 is 9.21 Å². The lowest BCUT2D eigenvalue weighted by Crippen LogP contribution is -1.95. The molecule has 0 aliphatic heterocycles. The monoisotopic (exact) mass is 190 g/mol. The van der Waals surface area contributed by atoms with Crippen molar-refractivity contribution in [3.63, 3.8) is 0 Å². The number of nitrogens with zero attached hydrogens (tertiary/aromatic N) is 2. The fourth-order valence-electron chi connectivity index (χ4n) is 1.28. The number of aryl methyl sites for hydroxylation is 2. The van der Waals surface area contributed by atoms with E-state index in [1.54, 1.807) is 13.1 Å². The molecule has 14 heavy (non-hydrogen) atoms. The lowest BCUT2D eigenvalue weighted by Gasteiger charge is -1.89. The van der Waals surface area contributed by atoms with Crippen molar-refractivity contribution in [2.45, 2.75) is 6.92 Å². The van der Waals surface area contributed by atoms with Crippen molar-refractivity contribution >= 4 is 6.29 Å². The van der Waals surface area contributed by atoms with Crippen molar-refractivity contribution in [2.75, 3.05) is 0 Å². The molecule has 0 aliphatic carbocycles. The van der Waals surface area contributed by atoms with Crippen molar-refractivity contribution in [3.05, 3.63) is 29.7 Å². The van der Waals surface area contributed by atoms with Crippen LogP contribution in [-0.2, 0) is 7.05 Å². The fourth-order valence-corrected chi connectivity index (χ4v) is 1.28. The summed E-state index contributed by atoms with van der Waals surface area (Å²) in [6.45, 7) is 1.87. The average molecular weight is 190 g/mol. The standard InChI is InChI=1S/C10H10N2O2/c1-7-3-4-10(14-7)9-5-8(6-13)12(2)11-9/h3-6H,1-2H3. The van der Waals surface area contributed by atoms with Crippen LogP contribution < -0.4 is 0 Å². The van der Waals surface area contributed by atoms with Crippen molar-refractivity contribution in [1.82, 2.24) is 9.78 Å². The van der Waals surface area contributed by atoms with Gasteiger partial charge in [0, 0.05) is 7.05 Å². The molecule has 2 rings (SSSR count). The maximum atomic E-state index is 10.6. The maximum absolute atomic E-state index is 10.6. The summed E-state index contributed by atoms with van der Waals surface area (Å²) in [4.78, 5) is 10.6. The minimum atomic E-state index is 0.536. The molecule has 0 aliphatic rings. The normalized spacial score (nSPS) is 10.4. The molecule has 0 unspecified atom stereocenters. The van der Waals surface area contributed by atoms with E-state index in [2.05, 4.69) is 5.10 Å². The fraction of sp³-hybridized carbons (Fsp3) is 0.200. The van der Waals surface area contributed by atoms with Crippen LogP contribution in [0.4, 0.5) is 0 Å². The van der Waals surface area contributed by atoms with Crippen LogP contribution in [0, 0.1) is 6.92 Å². The predicted molar refractivity (Wildman–Crippen MR) is 51.0 cm³/mol. The lowest BCUT2D eigenvalue weighted by molar-refractivity contribution is 0.111. The molecule has 4 nitrogen and oxygen atoms in total. The summed E-state index contributed by atoms with van der Waals surface area (Å²) in [7, 11) is 1.73. The zero-order valence-electron chi connectivity index (χ0n) is 8.02. The molecule has 0 saturated carbocycles. The summed E-state index contributed by atoms with van der Waals surface area (Å²) in [6.07, 6.45) is 0.770. The molecule has 2 aromatic heterocycles. The van der Waals surface area contributed by atoms with Gasteiger partial charge < -0.3 is 4.42 Å². The van der Waals surface area contributed by atoms with Crippen molar-refractivity contribution in [1.29, 1.82) is 0 Å². The summed E-state index contributed by atoms with van der Waals surface area (Å²) < 4.78 is 6.92. The smallest absolute Gasteiger partial charge is 0.168 e. The van der Waals surface area contributed by atoms with E-state index in [0.29, 0.717) is 17.1 Å². The second kappa shape index (κ2) is 3.14. The van der Waals surface area contributed by atoms with E-state index in [-0.39, 0.29) is 0 Å². The average Bonchev–Trinajstić information content (AvgIpc) is 2.71. The number of rotatable bonds is 2. The molecule has 0 fully saturated rings. The van der Waals surface area contributed by atoms with Gasteiger partial charge in [-0.25, -0.2) is 0 Å². The topological polar surface area (TPSA) is 48.0 Å². The number of hydrogen-bond donors (Lipinski definition) is 0. The van der Waals surface area contributed by atoms with E-state index in [4.69, 9.17) is 4.42 Å². The molecule has 0 radical (unpaired) electrons. The highest BCUT2D eigenvalue weighted by Gasteiger charge is 2.09. The largest absolute Gasteiger partial charge is 0.460 e. The first-order chi connectivity index (χ1) is 6.70. The Morgan fingerprint density at radius 1 is 1.50 bits per heavy atom. The predicted octanol–water partition coefficient (Wildman–Crippen LogP) is 1.80. The van der Waals surface area contributed by atoms with Gasteiger partial charge in [0.1, 0.15) is 17.1 Å². The van der Waals surface area contributed by atoms with Crippen LogP contribution in [-0.4, -0.2) is 16.1 Å². The number of furan rings is 1. The summed E-state index contributed by atoms with van der Waals surface area (Å²) >= 11 is 0. The quantitative estimate of drug-likeness (QED) is 0.678. The number of aldehydes is 1. The Bertz CT molecular complexity index is 468. The van der Waals surface area contributed by atoms with E-state index < -0.39 is 0 Å². The SMILES string of the molecule is Cc1ccc(-c2cc(C=O)n(C)n2)o1. The highest BCUT2D eigenvalue weighted by atomic mass is 16.3. The molecule has 0 amide bonds. The maximum Gasteiger partial charge on any atom is 0.168 e. The summed E-state index contributed by atoms with van der Waals surface area (Å²) in [5.41, 5.74) is 1.22. The molecule has 0 bridgehead atoms. The van der Waals surface area contributed by atoms with E-state index >= 15 is 0 Å². The van der Waals surface area contributed by atoms with E-state index in [1.807, 2.05) is 19.1 Å². The third-order valence-electron chi connectivity index (χ3n) is 2.03. The highest BCUT2D eigenvalue weighted by Crippen LogP contribution is 2.20. The van der Waals surface area contributed by atoms with Crippen LogP contribution >= 0.6 is 0 Å². The Morgan fingerprint density at radius 2 is 2.29 bits per heavy atom. The first-order valence-electron chi connectivity index (χ1n) is 4.27. The summed E-state index contributed by atoms with van der Waals surface area (Å²) in [6, 6.07) is 5.40. The van der Waals surface area contributed by atoms with Crippen LogP contribution in [0.25, 0.3) is 11.5 Å². The third-order valence-corrected chi connectivity index (χ3v) is 2.03. The minimum Gasteiger partial charge on any atom is -0.460 e. The van der Waals surface area contributed by atoms with Gasteiger partial charge in [-0.05, 0) is 25.1 Å². The molecule has 4 heteroatoms. The van der Waals surface area contributed by atoms with Crippen LogP contribution in [0.2, 0.25) is 0 Å². The molecule has 0 aromatic carbocycles. The zero-order chi connectivity index (χ0) is 10.1. The van der Waals surface area contributed by atoms with E-state index in [9.17, 15) is 4.79 Å². The van der Waals surface area contributed by atoms with Gasteiger partial charge in [0.2, 0.25) is 0 Å². The van der Waals surface area contributed by atoms with Crippen molar-refractivity contribution in [3.8, 4) is 11.5 Å². The van der Waals surface area contributed by atoms with Crippen LogP contribution in [0.3, 0.4) is 0 Å². The summed E-state index contributed by atoms with van der Waals surface area (Å²) in [5.74, 6) is 1.52. The molecule has 0 atom stereocenters. The molecule has 0 N–H and O–H groups in total. The van der Waals surface area contributed by atoms with Crippen LogP contribution in [0.5, 0.6) is 0 Å². The number of carbonyl (C=O) groups is 1. The number of hydrogen-bond acceptors (Lipinski definition) is 3. The molecule has 2 aromatic rings. The van der Waals surface area contributed by atoms with Gasteiger partial charge in [0.25, 0.3) is 0 Å². The molecule has 0 spiro atoms. The lowest BCUT2D eigenvalue weighted by atomic mass is 10.3. The minimum absolute atomic E-state index is 0.536. The summed E-state index contributed by atoms with van der Waals surface area (Å²) in [5, 5.41) is 4.16. The van der Waals surface area contributed by atoms with Gasteiger partial charge in [-0.3, -0.25) is 9.48 Å². The molecule has 72 valence electrons. The van der Waals surface area contributed by atoms with Gasteiger partial charge in [-0.15, -0.1) is 0 Å². The number of aromatic nitrogens is 2. The second-order valence-corrected chi connectivity index (χ2v) is 3.11. The molecular formula is C10H10N2O2. The Balaban J connectivity index is 2.47. The van der Waals surface area contributed by atoms with Gasteiger partial charge in [0.15, 0.2) is 12.0 Å². The van der Waals surface area contributed by atoms with E-state index in [0.717, 1.165) is 12.0 Å². The second-order valence-electron chi connectivity index (χ2n) is 3.11. The zero-order valence-corrected chi connectivity index (χ0v) is 8.02. The molecule has 2 heterocycles. The third kappa shape index (κ3) is 1.35. The van der Waals surface area contributed by atoms with Gasteiger partial charge in [0.05, 0.1) is 0 Å². The first kappa shape index (κ1) is 8.74. The van der Waals surface area contributed by atoms with Gasteiger partial charge >= 0.3 is 0 Å². The Kier molecular flexibility index (Phi) is 1.96. The van der Waals surface area contributed by atoms with Gasteiger partial charge in [-0.2, -0.15) is 5.10 Å². The van der Waals surface area contributed by atoms with Gasteiger partial charge in [-0.1, -0.05) is 0 Å². The molecular weight excluding hydrogens is 180 g/mol. The van der Waals surface area contributed by atoms with Crippen LogP contribution in [0.15, 0.2) is 22.6 Å². The Hall–Kier alpha value is -1.84. The van der Waals surface area contributed by atoms with E-state index in [1.165, 1.54) is 4.68 Å². The Labute approximate surface area is 81.1 Å².